The van der Waals surface area contributed by atoms with Gasteiger partial charge < -0.3 is 15.3 Å². The van der Waals surface area contributed by atoms with E-state index in [1.165, 1.54) is 6.42 Å². The minimum atomic E-state index is 0.0215. The molecule has 0 aromatic carbocycles. The number of nitrogens with one attached hydrogen (secondary N) is 1. The highest BCUT2D eigenvalue weighted by Gasteiger charge is 2.20. The number of aryl methyl sites for hydroxylation is 1. The normalized spacial score (nSPS) is 18.1. The van der Waals surface area contributed by atoms with Crippen molar-refractivity contribution in [2.45, 2.75) is 31.7 Å². The lowest BCUT2D eigenvalue weighted by Gasteiger charge is -2.25. The maximum atomic E-state index is 12.3. The number of aromatic nitrogens is 1. The lowest BCUT2D eigenvalue weighted by molar-refractivity contribution is -0.132. The Morgan fingerprint density at radius 2 is 2.25 bits per heavy atom. The Balaban J connectivity index is 1.82. The highest BCUT2D eigenvalue weighted by molar-refractivity contribution is 5.76. The van der Waals surface area contributed by atoms with Crippen molar-refractivity contribution in [2.75, 3.05) is 26.2 Å². The van der Waals surface area contributed by atoms with Crippen LogP contribution in [0, 0.1) is 0 Å². The monoisotopic (exact) mass is 277 g/mol. The molecule has 1 amide bonds. The van der Waals surface area contributed by atoms with Crippen molar-refractivity contribution in [3.05, 3.63) is 30.1 Å². The fourth-order valence-electron chi connectivity index (χ4n) is 2.58. The van der Waals surface area contributed by atoms with Gasteiger partial charge in [-0.3, -0.25) is 9.78 Å². The van der Waals surface area contributed by atoms with E-state index in [0.717, 1.165) is 24.9 Å². The van der Waals surface area contributed by atoms with Crippen LogP contribution in [0.5, 0.6) is 0 Å². The van der Waals surface area contributed by atoms with E-state index in [4.69, 9.17) is 5.11 Å². The number of hydrogen-bond acceptors (Lipinski definition) is 4. The van der Waals surface area contributed by atoms with Gasteiger partial charge in [-0.25, -0.2) is 0 Å². The van der Waals surface area contributed by atoms with Gasteiger partial charge in [0.05, 0.1) is 6.61 Å². The molecule has 0 radical (unpaired) electrons. The van der Waals surface area contributed by atoms with Crippen molar-refractivity contribution in [3.8, 4) is 0 Å². The van der Waals surface area contributed by atoms with Gasteiger partial charge in [0.2, 0.25) is 5.91 Å². The van der Waals surface area contributed by atoms with Gasteiger partial charge in [0, 0.05) is 37.9 Å². The molecule has 5 heteroatoms. The van der Waals surface area contributed by atoms with Gasteiger partial charge >= 0.3 is 0 Å². The second kappa shape index (κ2) is 7.97. The molecule has 5 nitrogen and oxygen atoms in total. The first-order chi connectivity index (χ1) is 9.79. The standard InChI is InChI=1S/C15H23N3O2/c19-11-10-18(12-14-2-1-7-17-14)15(20)4-3-13-5-8-16-9-6-13/h5-6,8-9,14,17,19H,1-4,7,10-12H2. The predicted octanol–water partition coefficient (Wildman–Crippen LogP) is 0.587. The molecule has 2 heterocycles. The maximum Gasteiger partial charge on any atom is 0.223 e. The summed E-state index contributed by atoms with van der Waals surface area (Å²) in [7, 11) is 0. The van der Waals surface area contributed by atoms with E-state index in [9.17, 15) is 4.79 Å². The van der Waals surface area contributed by atoms with Crippen molar-refractivity contribution in [2.24, 2.45) is 0 Å². The number of carbonyl (C=O) groups is 1. The van der Waals surface area contributed by atoms with Crippen molar-refractivity contribution in [1.82, 2.24) is 15.2 Å². The predicted molar refractivity (Wildman–Crippen MR) is 77.2 cm³/mol. The Bertz CT molecular complexity index is 405. The Morgan fingerprint density at radius 3 is 2.90 bits per heavy atom. The highest BCUT2D eigenvalue weighted by atomic mass is 16.3. The molecule has 2 rings (SSSR count). The molecule has 0 saturated carbocycles. The molecule has 1 fully saturated rings. The fourth-order valence-corrected chi connectivity index (χ4v) is 2.58. The van der Waals surface area contributed by atoms with E-state index in [1.807, 2.05) is 12.1 Å². The molecule has 1 aliphatic rings. The maximum absolute atomic E-state index is 12.3. The van der Waals surface area contributed by atoms with Crippen LogP contribution in [-0.2, 0) is 11.2 Å². The van der Waals surface area contributed by atoms with E-state index in [0.29, 0.717) is 25.6 Å². The summed E-state index contributed by atoms with van der Waals surface area (Å²) < 4.78 is 0. The van der Waals surface area contributed by atoms with Crippen LogP contribution in [0.25, 0.3) is 0 Å². The summed E-state index contributed by atoms with van der Waals surface area (Å²) in [6.07, 6.45) is 6.97. The number of carbonyl (C=O) groups excluding carboxylic acids is 1. The smallest absolute Gasteiger partial charge is 0.223 e. The molecule has 2 N–H and O–H groups in total. The van der Waals surface area contributed by atoms with Gasteiger partial charge in [-0.1, -0.05) is 0 Å². The first-order valence-corrected chi connectivity index (χ1v) is 7.30. The average molecular weight is 277 g/mol. The quantitative estimate of drug-likeness (QED) is 0.765. The largest absolute Gasteiger partial charge is 0.395 e. The number of pyridine rings is 1. The van der Waals surface area contributed by atoms with Gasteiger partial charge in [-0.15, -0.1) is 0 Å². The zero-order valence-corrected chi connectivity index (χ0v) is 11.8. The molecule has 1 aliphatic heterocycles. The van der Waals surface area contributed by atoms with Gasteiger partial charge in [0.25, 0.3) is 0 Å². The Kier molecular flexibility index (Phi) is 5.95. The first kappa shape index (κ1) is 14.9. The van der Waals surface area contributed by atoms with Gasteiger partial charge in [0.15, 0.2) is 0 Å². The zero-order valence-electron chi connectivity index (χ0n) is 11.8. The number of rotatable bonds is 7. The molecule has 20 heavy (non-hydrogen) atoms. The molecule has 0 aliphatic carbocycles. The van der Waals surface area contributed by atoms with Crippen LogP contribution in [0.15, 0.2) is 24.5 Å². The minimum absolute atomic E-state index is 0.0215. The van der Waals surface area contributed by atoms with Gasteiger partial charge in [-0.05, 0) is 43.5 Å². The molecule has 1 aromatic rings. The lowest BCUT2D eigenvalue weighted by atomic mass is 10.1. The molecule has 1 atom stereocenters. The van der Waals surface area contributed by atoms with E-state index in [-0.39, 0.29) is 12.5 Å². The third-order valence-corrected chi connectivity index (χ3v) is 3.70. The van der Waals surface area contributed by atoms with Crippen LogP contribution >= 0.6 is 0 Å². The fraction of sp³-hybridized carbons (Fsp3) is 0.600. The number of aliphatic hydroxyl groups excluding tert-OH is 1. The summed E-state index contributed by atoms with van der Waals surface area (Å²) in [6, 6.07) is 4.25. The van der Waals surface area contributed by atoms with Crippen LogP contribution in [-0.4, -0.2) is 53.2 Å². The summed E-state index contributed by atoms with van der Waals surface area (Å²) in [6.45, 7) is 2.18. The van der Waals surface area contributed by atoms with Crippen LogP contribution in [0.1, 0.15) is 24.8 Å². The van der Waals surface area contributed by atoms with E-state index in [1.54, 1.807) is 17.3 Å². The Hall–Kier alpha value is -1.46. The number of amides is 1. The lowest BCUT2D eigenvalue weighted by Crippen LogP contribution is -2.42. The summed E-state index contributed by atoms with van der Waals surface area (Å²) in [4.78, 5) is 18.0. The van der Waals surface area contributed by atoms with Crippen LogP contribution in [0.4, 0.5) is 0 Å². The summed E-state index contributed by atoms with van der Waals surface area (Å²) in [5.41, 5.74) is 1.12. The second-order valence-electron chi connectivity index (χ2n) is 5.21. The minimum Gasteiger partial charge on any atom is -0.395 e. The van der Waals surface area contributed by atoms with Crippen molar-refractivity contribution in [1.29, 1.82) is 0 Å². The molecule has 1 unspecified atom stereocenters. The average Bonchev–Trinajstić information content (AvgIpc) is 2.98. The molecule has 1 aromatic heterocycles. The Morgan fingerprint density at radius 1 is 1.45 bits per heavy atom. The highest BCUT2D eigenvalue weighted by Crippen LogP contribution is 2.09. The first-order valence-electron chi connectivity index (χ1n) is 7.30. The van der Waals surface area contributed by atoms with E-state index in [2.05, 4.69) is 10.3 Å². The van der Waals surface area contributed by atoms with Crippen molar-refractivity contribution < 1.29 is 9.90 Å². The van der Waals surface area contributed by atoms with Crippen molar-refractivity contribution >= 4 is 5.91 Å². The van der Waals surface area contributed by atoms with Crippen LogP contribution in [0.3, 0.4) is 0 Å². The molecular formula is C15H23N3O2. The molecule has 0 bridgehead atoms. The summed E-state index contributed by atoms with van der Waals surface area (Å²) in [5.74, 6) is 0.115. The number of aliphatic hydroxyl groups is 1. The summed E-state index contributed by atoms with van der Waals surface area (Å²) in [5, 5.41) is 12.5. The second-order valence-corrected chi connectivity index (χ2v) is 5.21. The van der Waals surface area contributed by atoms with Gasteiger partial charge in [0.1, 0.15) is 0 Å². The molecule has 110 valence electrons. The zero-order chi connectivity index (χ0) is 14.2. The van der Waals surface area contributed by atoms with Gasteiger partial charge in [-0.2, -0.15) is 0 Å². The Labute approximate surface area is 120 Å². The topological polar surface area (TPSA) is 65.5 Å². The van der Waals surface area contributed by atoms with Crippen molar-refractivity contribution in [3.63, 3.8) is 0 Å². The third kappa shape index (κ3) is 4.58. The summed E-state index contributed by atoms with van der Waals surface area (Å²) >= 11 is 0. The molecule has 1 saturated heterocycles. The number of nitrogens with zero attached hydrogens (tertiary/aromatic N) is 2. The number of hydrogen-bond donors (Lipinski definition) is 2. The van der Waals surface area contributed by atoms with E-state index < -0.39 is 0 Å². The van der Waals surface area contributed by atoms with Crippen LogP contribution < -0.4 is 5.32 Å². The van der Waals surface area contributed by atoms with E-state index >= 15 is 0 Å². The SMILES string of the molecule is O=C(CCc1ccncc1)N(CCO)CC1CCCN1. The molecule has 0 spiro atoms. The third-order valence-electron chi connectivity index (χ3n) is 3.70. The van der Waals surface area contributed by atoms with Crippen LogP contribution in [0.2, 0.25) is 0 Å². The molecular weight excluding hydrogens is 254 g/mol.